The Bertz CT molecular complexity index is 706. The summed E-state index contributed by atoms with van der Waals surface area (Å²) in [6.07, 6.45) is 0. The summed E-state index contributed by atoms with van der Waals surface area (Å²) in [5, 5.41) is 20.4. The number of aryl methyl sites for hydroxylation is 1. The van der Waals surface area contributed by atoms with Gasteiger partial charge in [-0.15, -0.1) is 11.3 Å². The number of hydrogen-bond donors (Lipinski definition) is 3. The van der Waals surface area contributed by atoms with Crippen LogP contribution in [-0.2, 0) is 0 Å². The molecule has 7 nitrogen and oxygen atoms in total. The van der Waals surface area contributed by atoms with Crippen LogP contribution in [0.4, 0.5) is 5.69 Å². The molecule has 0 aliphatic heterocycles. The van der Waals surface area contributed by atoms with Gasteiger partial charge < -0.3 is 15.5 Å². The van der Waals surface area contributed by atoms with Crippen molar-refractivity contribution in [2.75, 3.05) is 5.32 Å². The summed E-state index contributed by atoms with van der Waals surface area (Å²) in [7, 11) is 0. The Kier molecular flexibility index (Phi) is 3.99. The number of carbonyl (C=O) groups excluding carboxylic acids is 1. The molecule has 0 unspecified atom stereocenters. The topological polar surface area (TPSA) is 117 Å². The quantitative estimate of drug-likeness (QED) is 0.796. The summed E-state index contributed by atoms with van der Waals surface area (Å²) in [4.78, 5) is 38.3. The fourth-order valence-electron chi connectivity index (χ4n) is 1.65. The number of carboxylic acids is 2. The second-order valence-corrected chi connectivity index (χ2v) is 4.99. The number of nitrogens with zero attached hydrogens (tertiary/aromatic N) is 1. The first-order chi connectivity index (χ1) is 9.88. The van der Waals surface area contributed by atoms with E-state index in [-0.39, 0.29) is 16.8 Å². The lowest BCUT2D eigenvalue weighted by atomic mass is 10.1. The highest BCUT2D eigenvalue weighted by molar-refractivity contribution is 7.12. The van der Waals surface area contributed by atoms with Crippen molar-refractivity contribution in [3.63, 3.8) is 0 Å². The van der Waals surface area contributed by atoms with Crippen molar-refractivity contribution in [3.05, 3.63) is 45.4 Å². The van der Waals surface area contributed by atoms with Gasteiger partial charge in [0.2, 0.25) is 0 Å². The molecule has 0 fully saturated rings. The molecule has 2 rings (SSSR count). The van der Waals surface area contributed by atoms with Crippen LogP contribution in [0, 0.1) is 6.92 Å². The minimum atomic E-state index is -1.28. The third-order valence-electron chi connectivity index (χ3n) is 2.64. The number of carbonyl (C=O) groups is 3. The van der Waals surface area contributed by atoms with Crippen molar-refractivity contribution in [3.8, 4) is 0 Å². The van der Waals surface area contributed by atoms with E-state index in [0.29, 0.717) is 10.6 Å². The first-order valence-electron chi connectivity index (χ1n) is 5.71. The van der Waals surface area contributed by atoms with Gasteiger partial charge in [-0.2, -0.15) is 0 Å². The normalized spacial score (nSPS) is 10.1. The highest BCUT2D eigenvalue weighted by Crippen LogP contribution is 2.19. The predicted octanol–water partition coefficient (Wildman–Crippen LogP) is 2.10. The molecule has 1 amide bonds. The largest absolute Gasteiger partial charge is 0.478 e. The predicted molar refractivity (Wildman–Crippen MR) is 75.2 cm³/mol. The number of carboxylic acid groups (broad SMARTS) is 2. The molecular weight excluding hydrogens is 296 g/mol. The number of nitrogens with one attached hydrogen (secondary N) is 1. The molecule has 108 valence electrons. The Labute approximate surface area is 122 Å². The number of rotatable bonds is 4. The minimum absolute atomic E-state index is 0.102. The zero-order chi connectivity index (χ0) is 15.6. The summed E-state index contributed by atoms with van der Waals surface area (Å²) in [6, 6.07) is 3.42. The molecule has 0 aliphatic carbocycles. The molecule has 0 spiro atoms. The van der Waals surface area contributed by atoms with Crippen LogP contribution in [-0.4, -0.2) is 33.0 Å². The van der Waals surface area contributed by atoms with Crippen LogP contribution >= 0.6 is 11.3 Å². The summed E-state index contributed by atoms with van der Waals surface area (Å²) < 4.78 is 0. The smallest absolute Gasteiger partial charge is 0.335 e. The molecule has 8 heteroatoms. The van der Waals surface area contributed by atoms with Crippen molar-refractivity contribution in [1.29, 1.82) is 0 Å². The Morgan fingerprint density at radius 2 is 1.67 bits per heavy atom. The average molecular weight is 306 g/mol. The van der Waals surface area contributed by atoms with Gasteiger partial charge in [-0.05, 0) is 25.1 Å². The van der Waals surface area contributed by atoms with Gasteiger partial charge >= 0.3 is 11.9 Å². The van der Waals surface area contributed by atoms with E-state index in [1.165, 1.54) is 17.6 Å². The van der Waals surface area contributed by atoms with E-state index in [0.717, 1.165) is 17.4 Å². The summed E-state index contributed by atoms with van der Waals surface area (Å²) in [5.74, 6) is -3.01. The second-order valence-electron chi connectivity index (χ2n) is 4.13. The average Bonchev–Trinajstić information content (AvgIpc) is 2.84. The summed E-state index contributed by atoms with van der Waals surface area (Å²) >= 11 is 1.14. The summed E-state index contributed by atoms with van der Waals surface area (Å²) in [6.45, 7) is 1.67. The third-order valence-corrected chi connectivity index (χ3v) is 3.56. The zero-order valence-electron chi connectivity index (χ0n) is 10.8. The Balaban J connectivity index is 2.35. The molecule has 0 atom stereocenters. The van der Waals surface area contributed by atoms with Gasteiger partial charge in [0.05, 0.1) is 22.3 Å². The Morgan fingerprint density at radius 1 is 1.10 bits per heavy atom. The lowest BCUT2D eigenvalue weighted by Crippen LogP contribution is -2.13. The van der Waals surface area contributed by atoms with Crippen LogP contribution in [0.1, 0.15) is 36.1 Å². The molecule has 1 heterocycles. The van der Waals surface area contributed by atoms with Gasteiger partial charge in [0.1, 0.15) is 4.88 Å². The number of hydrogen-bond acceptors (Lipinski definition) is 5. The molecule has 0 bridgehead atoms. The number of aromatic carboxylic acids is 2. The highest BCUT2D eigenvalue weighted by Gasteiger charge is 2.15. The number of amides is 1. The molecule has 0 aliphatic rings. The van der Waals surface area contributed by atoms with Crippen molar-refractivity contribution in [1.82, 2.24) is 4.98 Å². The van der Waals surface area contributed by atoms with E-state index < -0.39 is 17.8 Å². The Morgan fingerprint density at radius 3 is 2.10 bits per heavy atom. The molecule has 21 heavy (non-hydrogen) atoms. The van der Waals surface area contributed by atoms with E-state index >= 15 is 0 Å². The molecule has 2 aromatic rings. The van der Waals surface area contributed by atoms with E-state index in [2.05, 4.69) is 10.3 Å². The fraction of sp³-hybridized carbons (Fsp3) is 0.0769. The summed E-state index contributed by atoms with van der Waals surface area (Å²) in [5.41, 5.74) is 1.73. The monoisotopic (exact) mass is 306 g/mol. The lowest BCUT2D eigenvalue weighted by molar-refractivity contribution is 0.0696. The molecule has 0 saturated carbocycles. The maximum atomic E-state index is 12.0. The van der Waals surface area contributed by atoms with E-state index in [4.69, 9.17) is 10.2 Å². The van der Waals surface area contributed by atoms with Gasteiger partial charge in [-0.3, -0.25) is 4.79 Å². The SMILES string of the molecule is Cc1ncsc1C(=O)Nc1cc(C(=O)O)cc(C(=O)O)c1. The molecular formula is C13H10N2O5S. The molecule has 3 N–H and O–H groups in total. The Hall–Kier alpha value is -2.74. The standard InChI is InChI=1S/C13H10N2O5S/c1-6-10(21-5-14-6)11(16)15-9-3-7(12(17)18)2-8(4-9)13(19)20/h2-5H,1H3,(H,15,16)(H,17,18)(H,19,20). The third kappa shape index (κ3) is 3.23. The first-order valence-corrected chi connectivity index (χ1v) is 6.59. The number of benzene rings is 1. The van der Waals surface area contributed by atoms with Crippen LogP contribution in [0.5, 0.6) is 0 Å². The number of aromatic nitrogens is 1. The van der Waals surface area contributed by atoms with Crippen LogP contribution in [0.2, 0.25) is 0 Å². The van der Waals surface area contributed by atoms with Crippen LogP contribution in [0.25, 0.3) is 0 Å². The molecule has 0 radical (unpaired) electrons. The van der Waals surface area contributed by atoms with Crippen LogP contribution in [0.3, 0.4) is 0 Å². The van der Waals surface area contributed by atoms with Crippen molar-refractivity contribution in [2.45, 2.75) is 6.92 Å². The van der Waals surface area contributed by atoms with Gasteiger partial charge in [0.25, 0.3) is 5.91 Å². The van der Waals surface area contributed by atoms with Gasteiger partial charge in [0.15, 0.2) is 0 Å². The zero-order valence-corrected chi connectivity index (χ0v) is 11.6. The maximum Gasteiger partial charge on any atom is 0.335 e. The van der Waals surface area contributed by atoms with Gasteiger partial charge in [-0.25, -0.2) is 14.6 Å². The molecule has 1 aromatic carbocycles. The van der Waals surface area contributed by atoms with Gasteiger partial charge in [0, 0.05) is 5.69 Å². The molecule has 1 aromatic heterocycles. The molecule has 0 saturated heterocycles. The maximum absolute atomic E-state index is 12.0. The van der Waals surface area contributed by atoms with Gasteiger partial charge in [-0.1, -0.05) is 0 Å². The lowest BCUT2D eigenvalue weighted by Gasteiger charge is -2.07. The first kappa shape index (κ1) is 14.7. The minimum Gasteiger partial charge on any atom is -0.478 e. The fourth-order valence-corrected chi connectivity index (χ4v) is 2.35. The van der Waals surface area contributed by atoms with Crippen LogP contribution < -0.4 is 5.32 Å². The van der Waals surface area contributed by atoms with Crippen molar-refractivity contribution in [2.24, 2.45) is 0 Å². The van der Waals surface area contributed by atoms with Crippen molar-refractivity contribution >= 4 is 34.9 Å². The van der Waals surface area contributed by atoms with Crippen LogP contribution in [0.15, 0.2) is 23.7 Å². The number of thiazole rings is 1. The highest BCUT2D eigenvalue weighted by atomic mass is 32.1. The number of anilines is 1. The van der Waals surface area contributed by atoms with E-state index in [9.17, 15) is 14.4 Å². The van der Waals surface area contributed by atoms with Crippen molar-refractivity contribution < 1.29 is 24.6 Å². The second kappa shape index (κ2) is 5.71. The van der Waals surface area contributed by atoms with E-state index in [1.807, 2.05) is 0 Å². The van der Waals surface area contributed by atoms with E-state index in [1.54, 1.807) is 6.92 Å².